The zero-order valence-electron chi connectivity index (χ0n) is 10.9. The Bertz CT molecular complexity index is 174. The molecule has 0 saturated carbocycles. The summed E-state index contributed by atoms with van der Waals surface area (Å²) in [5.41, 5.74) is 0.405. The normalized spacial score (nSPS) is 23.6. The largest absolute Gasteiger partial charge is 0.380 e. The van der Waals surface area contributed by atoms with Gasteiger partial charge in [-0.1, -0.05) is 27.7 Å². The maximum atomic E-state index is 5.67. The molecule has 1 aliphatic heterocycles. The van der Waals surface area contributed by atoms with E-state index in [0.29, 0.717) is 5.41 Å². The summed E-state index contributed by atoms with van der Waals surface area (Å²) in [7, 11) is 0. The Balaban J connectivity index is 1.93. The molecular weight excluding hydrogens is 186 g/mol. The molecule has 2 nitrogen and oxygen atoms in total. The van der Waals surface area contributed by atoms with Crippen LogP contribution < -0.4 is 0 Å². The number of nitrogens with zero attached hydrogens (tertiary/aromatic N) is 1. The molecule has 1 atom stereocenters. The smallest absolute Gasteiger partial charge is 0.0593 e. The van der Waals surface area contributed by atoms with E-state index >= 15 is 0 Å². The van der Waals surface area contributed by atoms with Gasteiger partial charge in [-0.15, -0.1) is 0 Å². The first-order valence-electron chi connectivity index (χ1n) is 6.27. The average molecular weight is 213 g/mol. The molecule has 1 saturated heterocycles. The Morgan fingerprint density at radius 3 is 2.53 bits per heavy atom. The van der Waals surface area contributed by atoms with Crippen molar-refractivity contribution in [1.29, 1.82) is 0 Å². The van der Waals surface area contributed by atoms with E-state index in [1.54, 1.807) is 0 Å². The van der Waals surface area contributed by atoms with E-state index in [1.807, 2.05) is 0 Å². The van der Waals surface area contributed by atoms with Gasteiger partial charge in [0.05, 0.1) is 6.61 Å². The molecule has 1 unspecified atom stereocenters. The fraction of sp³-hybridized carbons (Fsp3) is 1.00. The summed E-state index contributed by atoms with van der Waals surface area (Å²) in [5.74, 6) is 0.888. The van der Waals surface area contributed by atoms with Gasteiger partial charge in [0, 0.05) is 19.7 Å². The molecule has 0 radical (unpaired) electrons. The highest BCUT2D eigenvalue weighted by Gasteiger charge is 2.17. The van der Waals surface area contributed by atoms with Crippen LogP contribution in [-0.4, -0.2) is 37.7 Å². The van der Waals surface area contributed by atoms with Crippen molar-refractivity contribution < 1.29 is 4.74 Å². The maximum absolute atomic E-state index is 5.67. The van der Waals surface area contributed by atoms with E-state index in [1.165, 1.54) is 19.5 Å². The Labute approximate surface area is 95.0 Å². The molecule has 0 aromatic rings. The fourth-order valence-corrected chi connectivity index (χ4v) is 1.90. The molecule has 0 aliphatic carbocycles. The van der Waals surface area contributed by atoms with Crippen LogP contribution in [0.25, 0.3) is 0 Å². The highest BCUT2D eigenvalue weighted by molar-refractivity contribution is 4.71. The van der Waals surface area contributed by atoms with Gasteiger partial charge < -0.3 is 9.64 Å². The van der Waals surface area contributed by atoms with Gasteiger partial charge in [-0.25, -0.2) is 0 Å². The van der Waals surface area contributed by atoms with Crippen LogP contribution in [0.3, 0.4) is 0 Å². The SMILES string of the molecule is CC1CCN(CCOCCC(C)(C)C)C1. The van der Waals surface area contributed by atoms with Crippen LogP contribution in [0.2, 0.25) is 0 Å². The van der Waals surface area contributed by atoms with Gasteiger partial charge in [-0.3, -0.25) is 0 Å². The standard InChI is InChI=1S/C13H27NO/c1-12-5-7-14(11-12)8-10-15-9-6-13(2,3)4/h12H,5-11H2,1-4H3. The topological polar surface area (TPSA) is 12.5 Å². The van der Waals surface area contributed by atoms with E-state index in [4.69, 9.17) is 4.74 Å². The molecule has 1 aliphatic rings. The van der Waals surface area contributed by atoms with E-state index < -0.39 is 0 Å². The monoisotopic (exact) mass is 213 g/mol. The van der Waals surface area contributed by atoms with Crippen molar-refractivity contribution in [3.05, 3.63) is 0 Å². The van der Waals surface area contributed by atoms with E-state index in [9.17, 15) is 0 Å². The van der Waals surface area contributed by atoms with Gasteiger partial charge in [0.2, 0.25) is 0 Å². The minimum absolute atomic E-state index is 0.405. The highest BCUT2D eigenvalue weighted by atomic mass is 16.5. The summed E-state index contributed by atoms with van der Waals surface area (Å²) < 4.78 is 5.67. The fourth-order valence-electron chi connectivity index (χ4n) is 1.90. The lowest BCUT2D eigenvalue weighted by molar-refractivity contribution is 0.0901. The van der Waals surface area contributed by atoms with Gasteiger partial charge in [0.1, 0.15) is 0 Å². The van der Waals surface area contributed by atoms with Crippen molar-refractivity contribution in [1.82, 2.24) is 4.90 Å². The molecule has 0 amide bonds. The van der Waals surface area contributed by atoms with Gasteiger partial charge in [0.25, 0.3) is 0 Å². The summed E-state index contributed by atoms with van der Waals surface area (Å²) in [4.78, 5) is 2.52. The van der Waals surface area contributed by atoms with Crippen LogP contribution >= 0.6 is 0 Å². The molecular formula is C13H27NO. The molecule has 90 valence electrons. The van der Waals surface area contributed by atoms with Crippen LogP contribution in [0.5, 0.6) is 0 Å². The van der Waals surface area contributed by atoms with Gasteiger partial charge in [0.15, 0.2) is 0 Å². The van der Waals surface area contributed by atoms with E-state index in [-0.39, 0.29) is 0 Å². The minimum Gasteiger partial charge on any atom is -0.380 e. The summed E-state index contributed by atoms with van der Waals surface area (Å²) >= 11 is 0. The lowest BCUT2D eigenvalue weighted by Crippen LogP contribution is -2.25. The third-order valence-electron chi connectivity index (χ3n) is 3.06. The first-order chi connectivity index (χ1) is 6.97. The summed E-state index contributed by atoms with van der Waals surface area (Å²) in [6.45, 7) is 14.6. The van der Waals surface area contributed by atoms with E-state index in [0.717, 1.165) is 32.1 Å². The molecule has 0 spiro atoms. The zero-order valence-corrected chi connectivity index (χ0v) is 10.9. The lowest BCUT2D eigenvalue weighted by atomic mass is 9.93. The quantitative estimate of drug-likeness (QED) is 0.651. The predicted molar refractivity (Wildman–Crippen MR) is 65.1 cm³/mol. The van der Waals surface area contributed by atoms with E-state index in [2.05, 4.69) is 32.6 Å². The van der Waals surface area contributed by atoms with Crippen molar-refractivity contribution in [3.8, 4) is 0 Å². The van der Waals surface area contributed by atoms with Gasteiger partial charge in [-0.2, -0.15) is 0 Å². The van der Waals surface area contributed by atoms with Crippen molar-refractivity contribution in [3.63, 3.8) is 0 Å². The molecule has 0 bridgehead atoms. The summed E-state index contributed by atoms with van der Waals surface area (Å²) in [6, 6.07) is 0. The van der Waals surface area contributed by atoms with Crippen molar-refractivity contribution in [2.75, 3.05) is 32.8 Å². The van der Waals surface area contributed by atoms with Crippen LogP contribution in [0.1, 0.15) is 40.5 Å². The van der Waals surface area contributed by atoms with Crippen molar-refractivity contribution >= 4 is 0 Å². The predicted octanol–water partition coefficient (Wildman–Crippen LogP) is 2.78. The number of hydrogen-bond donors (Lipinski definition) is 0. The molecule has 1 rings (SSSR count). The first kappa shape index (κ1) is 13.0. The van der Waals surface area contributed by atoms with Crippen LogP contribution in [0.4, 0.5) is 0 Å². The second-order valence-electron chi connectivity index (χ2n) is 6.12. The summed E-state index contributed by atoms with van der Waals surface area (Å²) in [6.07, 6.45) is 2.52. The number of ether oxygens (including phenoxy) is 1. The Morgan fingerprint density at radius 2 is 2.00 bits per heavy atom. The van der Waals surface area contributed by atoms with Crippen LogP contribution in [0, 0.1) is 11.3 Å². The molecule has 2 heteroatoms. The lowest BCUT2D eigenvalue weighted by Gasteiger charge is -2.19. The molecule has 0 aromatic heterocycles. The molecule has 0 N–H and O–H groups in total. The number of rotatable bonds is 5. The molecule has 15 heavy (non-hydrogen) atoms. The molecule has 0 aromatic carbocycles. The van der Waals surface area contributed by atoms with Crippen molar-refractivity contribution in [2.45, 2.75) is 40.5 Å². The Kier molecular flexibility index (Phi) is 5.07. The van der Waals surface area contributed by atoms with Crippen LogP contribution in [0.15, 0.2) is 0 Å². The van der Waals surface area contributed by atoms with Crippen LogP contribution in [-0.2, 0) is 4.74 Å². The minimum atomic E-state index is 0.405. The third-order valence-corrected chi connectivity index (χ3v) is 3.06. The highest BCUT2D eigenvalue weighted by Crippen LogP contribution is 2.18. The van der Waals surface area contributed by atoms with Gasteiger partial charge >= 0.3 is 0 Å². The second-order valence-corrected chi connectivity index (χ2v) is 6.12. The molecule has 1 heterocycles. The first-order valence-corrected chi connectivity index (χ1v) is 6.27. The third kappa shape index (κ3) is 6.16. The Morgan fingerprint density at radius 1 is 1.27 bits per heavy atom. The Hall–Kier alpha value is -0.0800. The second kappa shape index (κ2) is 5.86. The average Bonchev–Trinajstić information content (AvgIpc) is 2.49. The molecule has 1 fully saturated rings. The number of hydrogen-bond acceptors (Lipinski definition) is 2. The van der Waals surface area contributed by atoms with Crippen molar-refractivity contribution in [2.24, 2.45) is 11.3 Å². The maximum Gasteiger partial charge on any atom is 0.0593 e. The summed E-state index contributed by atoms with van der Waals surface area (Å²) in [5, 5.41) is 0. The number of likely N-dealkylation sites (tertiary alicyclic amines) is 1. The van der Waals surface area contributed by atoms with Gasteiger partial charge in [-0.05, 0) is 30.7 Å². The zero-order chi connectivity index (χ0) is 11.3.